The number of hydrogen-bond donors (Lipinski definition) is 1. The van der Waals surface area contributed by atoms with Gasteiger partial charge in [0.15, 0.2) is 0 Å². The second-order valence-corrected chi connectivity index (χ2v) is 8.43. The number of nitrogens with one attached hydrogen (secondary N) is 1. The van der Waals surface area contributed by atoms with Crippen molar-refractivity contribution in [1.82, 2.24) is 20.4 Å². The van der Waals surface area contributed by atoms with Gasteiger partial charge in [-0.1, -0.05) is 47.5 Å². The van der Waals surface area contributed by atoms with E-state index in [1.165, 1.54) is 4.90 Å². The Morgan fingerprint density at radius 3 is 2.64 bits per heavy atom. The van der Waals surface area contributed by atoms with Gasteiger partial charge in [-0.05, 0) is 42.7 Å². The van der Waals surface area contributed by atoms with Gasteiger partial charge in [-0.15, -0.1) is 10.2 Å². The van der Waals surface area contributed by atoms with Crippen molar-refractivity contribution in [3.8, 4) is 11.5 Å². The molecular weight excluding hydrogens is 467 g/mol. The summed E-state index contributed by atoms with van der Waals surface area (Å²) in [6, 6.07) is 14.6. The van der Waals surface area contributed by atoms with Crippen LogP contribution < -0.4 is 5.32 Å². The molecule has 0 spiro atoms. The second-order valence-electron chi connectivity index (χ2n) is 7.61. The first-order valence-electron chi connectivity index (χ1n) is 10.3. The lowest BCUT2D eigenvalue weighted by Crippen LogP contribution is -2.36. The molecule has 33 heavy (non-hydrogen) atoms. The van der Waals surface area contributed by atoms with Crippen molar-refractivity contribution >= 4 is 40.8 Å². The SMILES string of the molecule is O=C(NCCCc1ccc(Cl)c(Cl)c1)C1CN(Cc2nnc(-c3ccccc3)o2)C(=O)C1=O. The van der Waals surface area contributed by atoms with Gasteiger partial charge in [-0.25, -0.2) is 0 Å². The largest absolute Gasteiger partial charge is 0.419 e. The lowest BCUT2D eigenvalue weighted by Gasteiger charge is -2.13. The number of halogens is 2. The van der Waals surface area contributed by atoms with Gasteiger partial charge >= 0.3 is 0 Å². The van der Waals surface area contributed by atoms with Crippen LogP contribution in [0.2, 0.25) is 10.0 Å². The topological polar surface area (TPSA) is 105 Å². The number of aryl methyl sites for hydroxylation is 1. The van der Waals surface area contributed by atoms with Gasteiger partial charge in [0, 0.05) is 18.7 Å². The smallest absolute Gasteiger partial charge is 0.291 e. The number of benzene rings is 2. The van der Waals surface area contributed by atoms with Gasteiger partial charge in [0.05, 0.1) is 16.6 Å². The number of likely N-dealkylation sites (tertiary alicyclic amines) is 1. The van der Waals surface area contributed by atoms with Crippen molar-refractivity contribution in [2.75, 3.05) is 13.1 Å². The number of carbonyl (C=O) groups is 3. The van der Waals surface area contributed by atoms with Crippen LogP contribution in [0.4, 0.5) is 0 Å². The molecular formula is C23H20Cl2N4O4. The number of hydrogen-bond acceptors (Lipinski definition) is 6. The van der Waals surface area contributed by atoms with Gasteiger partial charge in [0.25, 0.3) is 5.91 Å². The molecule has 2 heterocycles. The highest BCUT2D eigenvalue weighted by molar-refractivity contribution is 6.42. The fourth-order valence-corrected chi connectivity index (χ4v) is 3.85. The van der Waals surface area contributed by atoms with Crippen molar-refractivity contribution in [1.29, 1.82) is 0 Å². The summed E-state index contributed by atoms with van der Waals surface area (Å²) >= 11 is 11.9. The Balaban J connectivity index is 1.28. The fraction of sp³-hybridized carbons (Fsp3) is 0.261. The summed E-state index contributed by atoms with van der Waals surface area (Å²) < 4.78 is 5.60. The number of carbonyl (C=O) groups excluding carboxylic acids is 3. The number of nitrogens with zero attached hydrogens (tertiary/aromatic N) is 3. The Morgan fingerprint density at radius 1 is 1.09 bits per heavy atom. The molecule has 2 amide bonds. The molecule has 1 aromatic heterocycles. The number of rotatable bonds is 8. The summed E-state index contributed by atoms with van der Waals surface area (Å²) in [5.41, 5.74) is 1.74. The zero-order chi connectivity index (χ0) is 23.4. The Hall–Kier alpha value is -3.23. The molecule has 0 bridgehead atoms. The van der Waals surface area contributed by atoms with Crippen molar-refractivity contribution in [3.63, 3.8) is 0 Å². The van der Waals surface area contributed by atoms with E-state index in [0.717, 1.165) is 11.1 Å². The van der Waals surface area contributed by atoms with Crippen molar-refractivity contribution < 1.29 is 18.8 Å². The Morgan fingerprint density at radius 2 is 1.88 bits per heavy atom. The average Bonchev–Trinajstić information content (AvgIpc) is 3.40. The molecule has 10 heteroatoms. The molecule has 4 rings (SSSR count). The Labute approximate surface area is 199 Å². The number of ketones is 1. The van der Waals surface area contributed by atoms with E-state index in [1.54, 1.807) is 12.1 Å². The molecule has 2 aromatic carbocycles. The van der Waals surface area contributed by atoms with E-state index in [1.807, 2.05) is 36.4 Å². The average molecular weight is 487 g/mol. The number of amides is 2. The van der Waals surface area contributed by atoms with E-state index in [4.69, 9.17) is 27.6 Å². The lowest BCUT2D eigenvalue weighted by molar-refractivity contribution is -0.142. The molecule has 0 saturated carbocycles. The van der Waals surface area contributed by atoms with Gasteiger partial charge in [0.2, 0.25) is 23.5 Å². The minimum Gasteiger partial charge on any atom is -0.419 e. The minimum atomic E-state index is -1.06. The summed E-state index contributed by atoms with van der Waals surface area (Å²) in [7, 11) is 0. The van der Waals surface area contributed by atoms with Gasteiger partial charge in [0.1, 0.15) is 5.92 Å². The van der Waals surface area contributed by atoms with Crippen LogP contribution >= 0.6 is 23.2 Å². The Kier molecular flexibility index (Phi) is 7.05. The monoisotopic (exact) mass is 486 g/mol. The Bertz CT molecular complexity index is 1180. The molecule has 1 N–H and O–H groups in total. The maximum absolute atomic E-state index is 12.5. The maximum Gasteiger partial charge on any atom is 0.291 e. The molecule has 1 unspecified atom stereocenters. The van der Waals surface area contributed by atoms with E-state index in [9.17, 15) is 14.4 Å². The minimum absolute atomic E-state index is 0.0284. The van der Waals surface area contributed by atoms with Crippen molar-refractivity contribution in [2.24, 2.45) is 5.92 Å². The van der Waals surface area contributed by atoms with Crippen LogP contribution in [0.25, 0.3) is 11.5 Å². The zero-order valence-corrected chi connectivity index (χ0v) is 19.0. The highest BCUT2D eigenvalue weighted by Gasteiger charge is 2.43. The first-order chi connectivity index (χ1) is 15.9. The van der Waals surface area contributed by atoms with Crippen molar-refractivity contribution in [2.45, 2.75) is 19.4 Å². The predicted molar refractivity (Wildman–Crippen MR) is 121 cm³/mol. The summed E-state index contributed by atoms with van der Waals surface area (Å²) in [6.45, 7) is 0.298. The molecule has 1 aliphatic heterocycles. The van der Waals surface area contributed by atoms with Crippen LogP contribution in [0, 0.1) is 5.92 Å². The lowest BCUT2D eigenvalue weighted by atomic mass is 10.1. The first-order valence-corrected chi connectivity index (χ1v) is 11.1. The van der Waals surface area contributed by atoms with Crippen LogP contribution in [0.5, 0.6) is 0 Å². The summed E-state index contributed by atoms with van der Waals surface area (Å²) in [5, 5.41) is 11.6. The quantitative estimate of drug-likeness (QED) is 0.297. The third kappa shape index (κ3) is 5.40. The van der Waals surface area contributed by atoms with Crippen molar-refractivity contribution in [3.05, 3.63) is 70.0 Å². The van der Waals surface area contributed by atoms with E-state index in [-0.39, 0.29) is 19.0 Å². The normalized spacial score (nSPS) is 15.8. The molecule has 3 aromatic rings. The molecule has 0 radical (unpaired) electrons. The third-order valence-corrected chi connectivity index (χ3v) is 6.01. The van der Waals surface area contributed by atoms with Crippen LogP contribution in [0.15, 0.2) is 52.9 Å². The van der Waals surface area contributed by atoms with Gasteiger partial charge in [-0.3, -0.25) is 14.4 Å². The number of Topliss-reactive ketones (excluding diaryl/α,β-unsaturated/α-hetero) is 1. The molecule has 1 saturated heterocycles. The maximum atomic E-state index is 12.5. The summed E-state index contributed by atoms with van der Waals surface area (Å²) in [4.78, 5) is 38.5. The third-order valence-electron chi connectivity index (χ3n) is 5.27. The van der Waals surface area contributed by atoms with Gasteiger partial charge in [-0.2, -0.15) is 0 Å². The first kappa shape index (κ1) is 22.9. The second kappa shape index (κ2) is 10.1. The van der Waals surface area contributed by atoms with E-state index < -0.39 is 23.5 Å². The molecule has 0 aliphatic carbocycles. The standard InChI is InChI=1S/C23H20Cl2N4O4/c24-17-9-8-14(11-18(17)25)5-4-10-26-21(31)16-12-29(23(32)20(16)30)13-19-27-28-22(33-19)15-6-2-1-3-7-15/h1-3,6-9,11,16H,4-5,10,12-13H2,(H,26,31). The highest BCUT2D eigenvalue weighted by atomic mass is 35.5. The fourth-order valence-electron chi connectivity index (χ4n) is 3.53. The number of aromatic nitrogens is 2. The molecule has 8 nitrogen and oxygen atoms in total. The molecule has 1 aliphatic rings. The zero-order valence-electron chi connectivity index (χ0n) is 17.5. The van der Waals surface area contributed by atoms with E-state index in [0.29, 0.717) is 35.3 Å². The van der Waals surface area contributed by atoms with Crippen LogP contribution in [0.1, 0.15) is 17.9 Å². The molecule has 170 valence electrons. The molecule has 1 fully saturated rings. The predicted octanol–water partition coefficient (Wildman–Crippen LogP) is 3.32. The van der Waals surface area contributed by atoms with Crippen LogP contribution in [0.3, 0.4) is 0 Å². The van der Waals surface area contributed by atoms with Crippen LogP contribution in [-0.4, -0.2) is 45.8 Å². The summed E-state index contributed by atoms with van der Waals surface area (Å²) in [6.07, 6.45) is 1.33. The van der Waals surface area contributed by atoms with E-state index >= 15 is 0 Å². The highest BCUT2D eigenvalue weighted by Crippen LogP contribution is 2.23. The van der Waals surface area contributed by atoms with Crippen LogP contribution in [-0.2, 0) is 27.3 Å². The molecule has 1 atom stereocenters. The summed E-state index contributed by atoms with van der Waals surface area (Å²) in [5.74, 6) is -2.48. The van der Waals surface area contributed by atoms with E-state index in [2.05, 4.69) is 15.5 Å². The van der Waals surface area contributed by atoms with Gasteiger partial charge < -0.3 is 14.6 Å².